The normalized spacial score (nSPS) is 22.0. The molecule has 2 N–H and O–H groups in total. The molecule has 7 heteroatoms. The van der Waals surface area contributed by atoms with Gasteiger partial charge in [-0.1, -0.05) is 30.3 Å². The Morgan fingerprint density at radius 1 is 1.26 bits per heavy atom. The van der Waals surface area contributed by atoms with E-state index in [1.165, 1.54) is 0 Å². The van der Waals surface area contributed by atoms with E-state index >= 15 is 0 Å². The van der Waals surface area contributed by atoms with Gasteiger partial charge in [0.05, 0.1) is 13.2 Å². The van der Waals surface area contributed by atoms with Gasteiger partial charge in [0.25, 0.3) is 0 Å². The number of carbonyl (C=O) groups is 1. The third-order valence-electron chi connectivity index (χ3n) is 5.19. The lowest BCUT2D eigenvalue weighted by Crippen LogP contribution is -2.41. The van der Waals surface area contributed by atoms with Crippen LogP contribution in [0.2, 0.25) is 0 Å². The number of amides is 1. The number of benzene rings is 1. The fraction of sp³-hybridized carbons (Fsp3) is 0.600. The molecule has 1 atom stereocenters. The van der Waals surface area contributed by atoms with Crippen molar-refractivity contribution in [2.24, 2.45) is 10.4 Å². The Labute approximate surface area is 179 Å². The molecule has 2 fully saturated rings. The first kappa shape index (κ1) is 21.9. The Hall–Kier alpha value is -1.35. The maximum atomic E-state index is 12.1. The van der Waals surface area contributed by atoms with Crippen LogP contribution in [0.1, 0.15) is 31.7 Å². The Bertz CT molecular complexity index is 618. The van der Waals surface area contributed by atoms with Gasteiger partial charge >= 0.3 is 0 Å². The molecule has 0 saturated carbocycles. The highest BCUT2D eigenvalue weighted by molar-refractivity contribution is 14.0. The second-order valence-corrected chi connectivity index (χ2v) is 7.22. The van der Waals surface area contributed by atoms with E-state index in [1.807, 2.05) is 30.3 Å². The molecule has 3 rings (SSSR count). The average Bonchev–Trinajstić information content (AvgIpc) is 3.30. The number of nitrogens with zero attached hydrogens (tertiary/aromatic N) is 2. The molecule has 2 heterocycles. The number of ether oxygens (including phenoxy) is 1. The number of guanidine groups is 1. The number of carbonyl (C=O) groups excluding carboxylic acids is 1. The van der Waals surface area contributed by atoms with Crippen molar-refractivity contribution in [3.05, 3.63) is 35.9 Å². The van der Waals surface area contributed by atoms with Crippen molar-refractivity contribution in [3.63, 3.8) is 0 Å². The summed E-state index contributed by atoms with van der Waals surface area (Å²) in [5.74, 6) is 0.961. The fourth-order valence-electron chi connectivity index (χ4n) is 3.66. The Balaban J connectivity index is 0.00000261. The molecule has 2 saturated heterocycles. The summed E-state index contributed by atoms with van der Waals surface area (Å²) in [6.07, 6.45) is 2.71. The predicted octanol–water partition coefficient (Wildman–Crippen LogP) is 2.39. The zero-order valence-electron chi connectivity index (χ0n) is 16.1. The minimum absolute atomic E-state index is 0. The molecular formula is C20H31IN4O2. The van der Waals surface area contributed by atoms with Gasteiger partial charge in [-0.05, 0) is 25.3 Å². The van der Waals surface area contributed by atoms with E-state index in [1.54, 1.807) is 0 Å². The number of likely N-dealkylation sites (tertiary alicyclic amines) is 1. The summed E-state index contributed by atoms with van der Waals surface area (Å²) in [4.78, 5) is 19.0. The molecule has 27 heavy (non-hydrogen) atoms. The van der Waals surface area contributed by atoms with Crippen LogP contribution in [0.15, 0.2) is 35.3 Å². The molecule has 2 aliphatic heterocycles. The summed E-state index contributed by atoms with van der Waals surface area (Å²) >= 11 is 0. The van der Waals surface area contributed by atoms with Crippen LogP contribution >= 0.6 is 24.0 Å². The molecule has 0 bridgehead atoms. The van der Waals surface area contributed by atoms with Crippen LogP contribution in [0.3, 0.4) is 0 Å². The molecular weight excluding hydrogens is 455 g/mol. The largest absolute Gasteiger partial charge is 0.381 e. The number of nitrogens with one attached hydrogen (secondary N) is 2. The van der Waals surface area contributed by atoms with E-state index in [9.17, 15) is 4.79 Å². The molecule has 1 spiro atoms. The van der Waals surface area contributed by atoms with Crippen LogP contribution in [0, 0.1) is 5.41 Å². The maximum Gasteiger partial charge on any atom is 0.222 e. The van der Waals surface area contributed by atoms with Gasteiger partial charge in [0.15, 0.2) is 5.96 Å². The second-order valence-electron chi connectivity index (χ2n) is 7.22. The Morgan fingerprint density at radius 3 is 2.78 bits per heavy atom. The van der Waals surface area contributed by atoms with Crippen molar-refractivity contribution in [2.75, 3.05) is 39.4 Å². The van der Waals surface area contributed by atoms with Crippen molar-refractivity contribution in [1.82, 2.24) is 15.5 Å². The van der Waals surface area contributed by atoms with Gasteiger partial charge in [0.2, 0.25) is 5.91 Å². The van der Waals surface area contributed by atoms with Crippen molar-refractivity contribution < 1.29 is 9.53 Å². The van der Waals surface area contributed by atoms with Crippen molar-refractivity contribution in [2.45, 2.75) is 32.7 Å². The van der Waals surface area contributed by atoms with Gasteiger partial charge in [0, 0.05) is 44.6 Å². The lowest BCUT2D eigenvalue weighted by molar-refractivity contribution is -0.121. The highest BCUT2D eigenvalue weighted by Crippen LogP contribution is 2.38. The van der Waals surface area contributed by atoms with Gasteiger partial charge in [-0.15, -0.1) is 24.0 Å². The third-order valence-corrected chi connectivity index (χ3v) is 5.19. The Kier molecular flexibility index (Phi) is 8.82. The average molecular weight is 486 g/mol. The van der Waals surface area contributed by atoms with Crippen LogP contribution in [-0.4, -0.2) is 56.2 Å². The number of aliphatic imine (C=N–C) groups is 1. The van der Waals surface area contributed by atoms with Crippen LogP contribution in [0.25, 0.3) is 0 Å². The van der Waals surface area contributed by atoms with Gasteiger partial charge in [0.1, 0.15) is 0 Å². The highest BCUT2D eigenvalue weighted by Gasteiger charge is 2.42. The summed E-state index contributed by atoms with van der Waals surface area (Å²) in [7, 11) is 0. The summed E-state index contributed by atoms with van der Waals surface area (Å²) < 4.78 is 5.61. The van der Waals surface area contributed by atoms with E-state index < -0.39 is 0 Å². The van der Waals surface area contributed by atoms with Crippen molar-refractivity contribution in [1.29, 1.82) is 0 Å². The molecule has 1 aromatic rings. The molecule has 0 aromatic heterocycles. The van der Waals surface area contributed by atoms with E-state index in [0.29, 0.717) is 24.9 Å². The first-order valence-electron chi connectivity index (χ1n) is 9.62. The number of hydrogen-bond donors (Lipinski definition) is 2. The van der Waals surface area contributed by atoms with Crippen molar-refractivity contribution >= 4 is 35.8 Å². The van der Waals surface area contributed by atoms with E-state index in [2.05, 4.69) is 27.4 Å². The summed E-state index contributed by atoms with van der Waals surface area (Å²) in [6.45, 7) is 7.73. The zero-order valence-corrected chi connectivity index (χ0v) is 18.4. The summed E-state index contributed by atoms with van der Waals surface area (Å²) in [5.41, 5.74) is 1.42. The lowest BCUT2D eigenvalue weighted by Gasteiger charge is -2.24. The van der Waals surface area contributed by atoms with Crippen LogP contribution < -0.4 is 10.6 Å². The standard InChI is InChI=1S/C20H30N4O2.HI/c1-2-21-19(24-12-9-20(15-24)10-13-26-16-20)22-11-8-18(25)23-14-17-6-4-3-5-7-17;/h3-7H,2,8-16H2,1H3,(H,21,22)(H,23,25);1H. The predicted molar refractivity (Wildman–Crippen MR) is 118 cm³/mol. The molecule has 1 amide bonds. The molecule has 0 radical (unpaired) electrons. The van der Waals surface area contributed by atoms with E-state index in [0.717, 1.165) is 57.2 Å². The first-order chi connectivity index (χ1) is 12.7. The maximum absolute atomic E-state index is 12.1. The summed E-state index contributed by atoms with van der Waals surface area (Å²) in [6, 6.07) is 9.96. The van der Waals surface area contributed by atoms with Gasteiger partial charge < -0.3 is 20.3 Å². The second kappa shape index (κ2) is 10.8. The van der Waals surface area contributed by atoms with E-state index in [-0.39, 0.29) is 29.9 Å². The smallest absolute Gasteiger partial charge is 0.222 e. The van der Waals surface area contributed by atoms with Gasteiger partial charge in [-0.3, -0.25) is 9.79 Å². The van der Waals surface area contributed by atoms with Crippen LogP contribution in [0.4, 0.5) is 0 Å². The highest BCUT2D eigenvalue weighted by atomic mass is 127. The topological polar surface area (TPSA) is 66.0 Å². The van der Waals surface area contributed by atoms with Crippen LogP contribution in [-0.2, 0) is 16.1 Å². The molecule has 1 aromatic carbocycles. The van der Waals surface area contributed by atoms with Crippen molar-refractivity contribution in [3.8, 4) is 0 Å². The summed E-state index contributed by atoms with van der Waals surface area (Å²) in [5, 5.41) is 6.32. The molecule has 6 nitrogen and oxygen atoms in total. The molecule has 0 aliphatic carbocycles. The number of rotatable bonds is 6. The number of hydrogen-bond acceptors (Lipinski definition) is 3. The first-order valence-corrected chi connectivity index (χ1v) is 9.62. The molecule has 2 aliphatic rings. The van der Waals surface area contributed by atoms with E-state index in [4.69, 9.17) is 4.74 Å². The minimum Gasteiger partial charge on any atom is -0.381 e. The lowest BCUT2D eigenvalue weighted by atomic mass is 9.87. The zero-order chi connectivity index (χ0) is 18.2. The number of halogens is 1. The quantitative estimate of drug-likeness (QED) is 0.368. The minimum atomic E-state index is 0. The van der Waals surface area contributed by atoms with Gasteiger partial charge in [-0.2, -0.15) is 0 Å². The molecule has 150 valence electrons. The monoisotopic (exact) mass is 486 g/mol. The van der Waals surface area contributed by atoms with Gasteiger partial charge in [-0.25, -0.2) is 0 Å². The van der Waals surface area contributed by atoms with Crippen LogP contribution in [0.5, 0.6) is 0 Å². The SMILES string of the molecule is CCNC(=NCCC(=O)NCc1ccccc1)N1CCC2(CCOC2)C1.I. The fourth-order valence-corrected chi connectivity index (χ4v) is 3.66. The Morgan fingerprint density at radius 2 is 2.07 bits per heavy atom. The third kappa shape index (κ3) is 6.34. The molecule has 1 unspecified atom stereocenters.